The molecule has 0 bridgehead atoms. The van der Waals surface area contributed by atoms with Crippen LogP contribution < -0.4 is 0 Å². The molecule has 6 heteroatoms. The van der Waals surface area contributed by atoms with Crippen LogP contribution in [-0.2, 0) is 19.1 Å². The molecule has 0 atom stereocenters. The third kappa shape index (κ3) is 4.62. The maximum absolute atomic E-state index is 11.7. The molecule has 18 heavy (non-hydrogen) atoms. The summed E-state index contributed by atoms with van der Waals surface area (Å²) in [6.07, 6.45) is 0.822. The Morgan fingerprint density at radius 3 is 1.44 bits per heavy atom. The predicted molar refractivity (Wildman–Crippen MR) is 66.1 cm³/mol. The number of hydrogen-bond acceptors (Lipinski definition) is 4. The number of ether oxygens (including phenoxy) is 2. The van der Waals surface area contributed by atoms with Gasteiger partial charge in [-0.1, -0.05) is 0 Å². The Hall–Kier alpha value is -1.14. The Balaban J connectivity index is 2.27. The van der Waals surface area contributed by atoms with Gasteiger partial charge in [0.25, 0.3) is 0 Å². The van der Waals surface area contributed by atoms with E-state index in [2.05, 4.69) is 0 Å². The van der Waals surface area contributed by atoms with Crippen molar-refractivity contribution < 1.29 is 19.1 Å². The second kappa shape index (κ2) is 8.05. The van der Waals surface area contributed by atoms with Crippen LogP contribution in [0.4, 0.5) is 0 Å². The molecule has 0 spiro atoms. The van der Waals surface area contributed by atoms with Crippen LogP contribution in [0.25, 0.3) is 0 Å². The molecule has 0 aliphatic carbocycles. The second-order valence-electron chi connectivity index (χ2n) is 4.25. The minimum atomic E-state index is 0.0980. The van der Waals surface area contributed by atoms with Gasteiger partial charge in [-0.15, -0.1) is 0 Å². The van der Waals surface area contributed by atoms with Crippen LogP contribution in [0, 0.1) is 0 Å². The Morgan fingerprint density at radius 1 is 0.833 bits per heavy atom. The predicted octanol–water partition coefficient (Wildman–Crippen LogP) is -0.270. The van der Waals surface area contributed by atoms with E-state index in [1.54, 1.807) is 24.0 Å². The first-order valence-corrected chi connectivity index (χ1v) is 6.22. The fraction of sp³-hybridized carbons (Fsp3) is 0.833. The number of piperazine rings is 1. The zero-order valence-electron chi connectivity index (χ0n) is 11.2. The van der Waals surface area contributed by atoms with Crippen LogP contribution in [0.2, 0.25) is 0 Å². The van der Waals surface area contributed by atoms with Gasteiger partial charge in [0.2, 0.25) is 11.8 Å². The Morgan fingerprint density at radius 2 is 1.17 bits per heavy atom. The van der Waals surface area contributed by atoms with Gasteiger partial charge in [0.15, 0.2) is 0 Å². The van der Waals surface area contributed by atoms with Crippen molar-refractivity contribution in [2.75, 3.05) is 53.6 Å². The number of amides is 2. The van der Waals surface area contributed by atoms with E-state index in [1.165, 1.54) is 0 Å². The lowest BCUT2D eigenvalue weighted by Gasteiger charge is -2.34. The van der Waals surface area contributed by atoms with Crippen LogP contribution in [0.5, 0.6) is 0 Å². The van der Waals surface area contributed by atoms with Crippen molar-refractivity contribution in [3.63, 3.8) is 0 Å². The summed E-state index contributed by atoms with van der Waals surface area (Å²) < 4.78 is 9.76. The molecule has 0 radical (unpaired) electrons. The molecule has 1 aliphatic rings. The normalized spacial score (nSPS) is 15.9. The van der Waals surface area contributed by atoms with Crippen molar-refractivity contribution in [1.82, 2.24) is 9.80 Å². The third-order valence-electron chi connectivity index (χ3n) is 3.03. The van der Waals surface area contributed by atoms with Crippen molar-refractivity contribution >= 4 is 11.8 Å². The number of rotatable bonds is 6. The Kier molecular flexibility index (Phi) is 6.67. The molecule has 104 valence electrons. The van der Waals surface area contributed by atoms with Crippen LogP contribution in [-0.4, -0.2) is 75.2 Å². The fourth-order valence-corrected chi connectivity index (χ4v) is 1.90. The lowest BCUT2D eigenvalue weighted by atomic mass is 10.2. The van der Waals surface area contributed by atoms with E-state index in [0.29, 0.717) is 52.2 Å². The molecule has 2 amide bonds. The average molecular weight is 258 g/mol. The molecule has 0 unspecified atom stereocenters. The molecule has 0 N–H and O–H groups in total. The van der Waals surface area contributed by atoms with E-state index >= 15 is 0 Å². The summed E-state index contributed by atoms with van der Waals surface area (Å²) in [7, 11) is 3.17. The molecule has 1 saturated heterocycles. The maximum atomic E-state index is 11.7. The smallest absolute Gasteiger partial charge is 0.225 e. The number of nitrogens with zero attached hydrogens (tertiary/aromatic N) is 2. The topological polar surface area (TPSA) is 59.1 Å². The standard InChI is InChI=1S/C12H22N2O4/c1-17-9-3-11(15)13-5-7-14(8-6-13)12(16)4-10-18-2/h3-10H2,1-2H3. The fourth-order valence-electron chi connectivity index (χ4n) is 1.90. The molecule has 1 rings (SSSR count). The van der Waals surface area contributed by atoms with Crippen LogP contribution in [0.15, 0.2) is 0 Å². The highest BCUT2D eigenvalue weighted by Gasteiger charge is 2.23. The first-order chi connectivity index (χ1) is 8.69. The van der Waals surface area contributed by atoms with Crippen molar-refractivity contribution in [2.45, 2.75) is 12.8 Å². The molecule has 1 fully saturated rings. The highest BCUT2D eigenvalue weighted by Crippen LogP contribution is 2.05. The highest BCUT2D eigenvalue weighted by molar-refractivity contribution is 5.78. The van der Waals surface area contributed by atoms with Crippen molar-refractivity contribution in [3.8, 4) is 0 Å². The largest absolute Gasteiger partial charge is 0.384 e. The van der Waals surface area contributed by atoms with Gasteiger partial charge in [0, 0.05) is 40.4 Å². The van der Waals surface area contributed by atoms with Gasteiger partial charge >= 0.3 is 0 Å². The molecule has 0 aromatic rings. The summed E-state index contributed by atoms with van der Waals surface area (Å²) in [5.74, 6) is 0.196. The monoisotopic (exact) mass is 258 g/mol. The van der Waals surface area contributed by atoms with Gasteiger partial charge in [0.05, 0.1) is 26.1 Å². The molecule has 6 nitrogen and oxygen atoms in total. The number of methoxy groups -OCH3 is 2. The first kappa shape index (κ1) is 14.9. The summed E-state index contributed by atoms with van der Waals surface area (Å²) in [5, 5.41) is 0. The van der Waals surface area contributed by atoms with Gasteiger partial charge in [-0.05, 0) is 0 Å². The molecule has 1 heterocycles. The quantitative estimate of drug-likeness (QED) is 0.658. The van der Waals surface area contributed by atoms with E-state index in [0.717, 1.165) is 0 Å². The zero-order chi connectivity index (χ0) is 13.4. The molecule has 0 saturated carbocycles. The SMILES string of the molecule is COCCC(=O)N1CCN(C(=O)CCOC)CC1. The van der Waals surface area contributed by atoms with E-state index < -0.39 is 0 Å². The Bertz CT molecular complexity index is 247. The van der Waals surface area contributed by atoms with Crippen molar-refractivity contribution in [1.29, 1.82) is 0 Å². The number of hydrogen-bond donors (Lipinski definition) is 0. The number of carbonyl (C=O) groups excluding carboxylic acids is 2. The summed E-state index contributed by atoms with van der Waals surface area (Å²) >= 11 is 0. The summed E-state index contributed by atoms with van der Waals surface area (Å²) in [6, 6.07) is 0. The van der Waals surface area contributed by atoms with Gasteiger partial charge < -0.3 is 19.3 Å². The van der Waals surface area contributed by atoms with Gasteiger partial charge in [-0.2, -0.15) is 0 Å². The van der Waals surface area contributed by atoms with Gasteiger partial charge in [-0.25, -0.2) is 0 Å². The summed E-state index contributed by atoms with van der Waals surface area (Å²) in [5.41, 5.74) is 0. The van der Waals surface area contributed by atoms with Gasteiger partial charge in [-0.3, -0.25) is 9.59 Å². The second-order valence-corrected chi connectivity index (χ2v) is 4.25. The van der Waals surface area contributed by atoms with Crippen molar-refractivity contribution in [3.05, 3.63) is 0 Å². The molecule has 0 aromatic heterocycles. The third-order valence-corrected chi connectivity index (χ3v) is 3.03. The minimum absolute atomic E-state index is 0.0980. The van der Waals surface area contributed by atoms with Crippen LogP contribution >= 0.6 is 0 Å². The lowest BCUT2D eigenvalue weighted by Crippen LogP contribution is -2.50. The van der Waals surface area contributed by atoms with E-state index in [4.69, 9.17) is 9.47 Å². The van der Waals surface area contributed by atoms with Crippen molar-refractivity contribution in [2.24, 2.45) is 0 Å². The lowest BCUT2D eigenvalue weighted by molar-refractivity contribution is -0.140. The summed E-state index contributed by atoms with van der Waals surface area (Å²) in [4.78, 5) is 27.0. The van der Waals surface area contributed by atoms with Crippen LogP contribution in [0.1, 0.15) is 12.8 Å². The van der Waals surface area contributed by atoms with E-state index in [9.17, 15) is 9.59 Å². The molecule has 1 aliphatic heterocycles. The van der Waals surface area contributed by atoms with Crippen LogP contribution in [0.3, 0.4) is 0 Å². The highest BCUT2D eigenvalue weighted by atomic mass is 16.5. The zero-order valence-corrected chi connectivity index (χ0v) is 11.2. The van der Waals surface area contributed by atoms with E-state index in [-0.39, 0.29) is 11.8 Å². The van der Waals surface area contributed by atoms with E-state index in [1.807, 2.05) is 0 Å². The maximum Gasteiger partial charge on any atom is 0.225 e. The first-order valence-electron chi connectivity index (χ1n) is 6.22. The molecular weight excluding hydrogens is 236 g/mol. The molecular formula is C12H22N2O4. The summed E-state index contributed by atoms with van der Waals surface area (Å²) in [6.45, 7) is 3.35. The minimum Gasteiger partial charge on any atom is -0.384 e. The number of carbonyl (C=O) groups is 2. The Labute approximate surface area is 108 Å². The average Bonchev–Trinajstić information content (AvgIpc) is 2.42. The van der Waals surface area contributed by atoms with Gasteiger partial charge in [0.1, 0.15) is 0 Å². The molecule has 0 aromatic carbocycles.